The third kappa shape index (κ3) is 1.59. The van der Waals surface area contributed by atoms with Crippen LogP contribution in [0.15, 0.2) is 18.2 Å². The number of hydrogen-bond acceptors (Lipinski definition) is 3. The number of rotatable bonds is 1. The van der Waals surface area contributed by atoms with Crippen LogP contribution in [-0.4, -0.2) is 29.9 Å². The fraction of sp³-hybridized carbons (Fsp3) is 0.364. The summed E-state index contributed by atoms with van der Waals surface area (Å²) in [5.41, 5.74) is 1.99. The van der Waals surface area contributed by atoms with E-state index < -0.39 is 0 Å². The number of nitrogens with one attached hydrogen (secondary N) is 2. The van der Waals surface area contributed by atoms with Crippen LogP contribution in [0.2, 0.25) is 5.15 Å². The first-order valence-electron chi connectivity index (χ1n) is 5.31. The first-order valence-corrected chi connectivity index (χ1v) is 5.69. The van der Waals surface area contributed by atoms with E-state index in [1.54, 1.807) is 0 Å². The van der Waals surface area contributed by atoms with Crippen LogP contribution in [0.3, 0.4) is 0 Å². The van der Waals surface area contributed by atoms with E-state index in [9.17, 15) is 0 Å². The van der Waals surface area contributed by atoms with Gasteiger partial charge in [-0.15, -0.1) is 0 Å². The van der Waals surface area contributed by atoms with Crippen molar-refractivity contribution in [3.05, 3.63) is 28.9 Å². The SMILES string of the molecule is Clc1[nH]nc2c(C3CNCCO3)cccc12. The molecule has 1 saturated heterocycles. The van der Waals surface area contributed by atoms with E-state index in [0.717, 1.165) is 36.2 Å². The van der Waals surface area contributed by atoms with Gasteiger partial charge in [-0.05, 0) is 6.07 Å². The van der Waals surface area contributed by atoms with Crippen LogP contribution < -0.4 is 5.32 Å². The lowest BCUT2D eigenvalue weighted by Gasteiger charge is -2.24. The highest BCUT2D eigenvalue weighted by Crippen LogP contribution is 2.29. The molecule has 0 spiro atoms. The van der Waals surface area contributed by atoms with Gasteiger partial charge in [0.25, 0.3) is 0 Å². The van der Waals surface area contributed by atoms with Gasteiger partial charge in [-0.3, -0.25) is 5.10 Å². The summed E-state index contributed by atoms with van der Waals surface area (Å²) in [5.74, 6) is 0. The minimum Gasteiger partial charge on any atom is -0.371 e. The molecule has 1 aliphatic heterocycles. The summed E-state index contributed by atoms with van der Waals surface area (Å²) in [4.78, 5) is 0. The molecule has 5 heteroatoms. The summed E-state index contributed by atoms with van der Waals surface area (Å²) in [6.45, 7) is 2.47. The Morgan fingerprint density at radius 3 is 3.19 bits per heavy atom. The molecule has 2 N–H and O–H groups in total. The van der Waals surface area contributed by atoms with Crippen LogP contribution in [0.5, 0.6) is 0 Å². The van der Waals surface area contributed by atoms with E-state index in [1.165, 1.54) is 0 Å². The second kappa shape index (κ2) is 4.05. The average molecular weight is 238 g/mol. The van der Waals surface area contributed by atoms with Gasteiger partial charge < -0.3 is 10.1 Å². The number of aromatic amines is 1. The summed E-state index contributed by atoms with van der Waals surface area (Å²) in [6.07, 6.45) is 0.0665. The number of hydrogen-bond donors (Lipinski definition) is 2. The summed E-state index contributed by atoms with van der Waals surface area (Å²) in [7, 11) is 0. The molecule has 1 aliphatic rings. The van der Waals surface area contributed by atoms with Crippen molar-refractivity contribution < 1.29 is 4.74 Å². The van der Waals surface area contributed by atoms with Gasteiger partial charge in [-0.25, -0.2) is 0 Å². The van der Waals surface area contributed by atoms with Gasteiger partial charge in [0.15, 0.2) is 0 Å². The van der Waals surface area contributed by atoms with Gasteiger partial charge in [-0.1, -0.05) is 23.7 Å². The predicted octanol–water partition coefficient (Wildman–Crippen LogP) is 1.88. The molecule has 84 valence electrons. The molecule has 16 heavy (non-hydrogen) atoms. The maximum atomic E-state index is 6.01. The monoisotopic (exact) mass is 237 g/mol. The summed E-state index contributed by atoms with van der Waals surface area (Å²) in [5, 5.41) is 11.9. The molecule has 4 nitrogen and oxygen atoms in total. The Labute approximate surface area is 97.9 Å². The van der Waals surface area contributed by atoms with Crippen LogP contribution in [-0.2, 0) is 4.74 Å². The zero-order chi connectivity index (χ0) is 11.0. The maximum absolute atomic E-state index is 6.01. The highest BCUT2D eigenvalue weighted by molar-refractivity contribution is 6.34. The average Bonchev–Trinajstić information content (AvgIpc) is 2.73. The lowest BCUT2D eigenvalue weighted by Crippen LogP contribution is -2.33. The van der Waals surface area contributed by atoms with Crippen molar-refractivity contribution >= 4 is 22.5 Å². The fourth-order valence-electron chi connectivity index (χ4n) is 2.05. The minimum absolute atomic E-state index is 0.0665. The van der Waals surface area contributed by atoms with Crippen molar-refractivity contribution in [3.8, 4) is 0 Å². The molecule has 2 heterocycles. The van der Waals surface area contributed by atoms with Crippen molar-refractivity contribution in [1.82, 2.24) is 15.5 Å². The standard InChI is InChI=1S/C11H12ClN3O/c12-11-8-3-1-2-7(10(8)14-15-11)9-6-13-4-5-16-9/h1-3,9,13H,4-6H2,(H,14,15). The highest BCUT2D eigenvalue weighted by atomic mass is 35.5. The number of fused-ring (bicyclic) bond motifs is 1. The molecule has 1 atom stereocenters. The third-order valence-corrected chi connectivity index (χ3v) is 3.13. The molecule has 0 aliphatic carbocycles. The van der Waals surface area contributed by atoms with Crippen molar-refractivity contribution in [2.45, 2.75) is 6.10 Å². The van der Waals surface area contributed by atoms with Crippen LogP contribution in [0, 0.1) is 0 Å². The first-order chi connectivity index (χ1) is 7.86. The van der Waals surface area contributed by atoms with E-state index in [-0.39, 0.29) is 6.10 Å². The largest absolute Gasteiger partial charge is 0.371 e. The number of aromatic nitrogens is 2. The molecular weight excluding hydrogens is 226 g/mol. The minimum atomic E-state index is 0.0665. The van der Waals surface area contributed by atoms with Crippen LogP contribution in [0.25, 0.3) is 10.9 Å². The van der Waals surface area contributed by atoms with Gasteiger partial charge in [0.05, 0.1) is 18.2 Å². The Bertz CT molecular complexity index is 505. The summed E-state index contributed by atoms with van der Waals surface area (Å²) in [6, 6.07) is 5.98. The second-order valence-corrected chi connectivity index (χ2v) is 4.22. The van der Waals surface area contributed by atoms with E-state index in [4.69, 9.17) is 16.3 Å². The Morgan fingerprint density at radius 1 is 1.44 bits per heavy atom. The van der Waals surface area contributed by atoms with Crippen LogP contribution in [0.1, 0.15) is 11.7 Å². The number of ether oxygens (including phenoxy) is 1. The van der Waals surface area contributed by atoms with E-state index >= 15 is 0 Å². The molecule has 0 bridgehead atoms. The Kier molecular flexibility index (Phi) is 2.55. The summed E-state index contributed by atoms with van der Waals surface area (Å²) < 4.78 is 5.72. The molecule has 1 fully saturated rings. The van der Waals surface area contributed by atoms with Gasteiger partial charge in [0, 0.05) is 24.0 Å². The van der Waals surface area contributed by atoms with Crippen molar-refractivity contribution in [3.63, 3.8) is 0 Å². The van der Waals surface area contributed by atoms with Gasteiger partial charge in [0.1, 0.15) is 5.15 Å². The first kappa shape index (κ1) is 10.1. The number of H-pyrrole nitrogens is 1. The Hall–Kier alpha value is -1.10. The van der Waals surface area contributed by atoms with E-state index in [1.807, 2.05) is 18.2 Å². The normalized spacial score (nSPS) is 21.4. The zero-order valence-corrected chi connectivity index (χ0v) is 9.42. The van der Waals surface area contributed by atoms with Gasteiger partial charge >= 0.3 is 0 Å². The molecule has 1 aromatic carbocycles. The number of nitrogens with zero attached hydrogens (tertiary/aromatic N) is 1. The number of para-hydroxylation sites is 1. The number of halogens is 1. The third-order valence-electron chi connectivity index (χ3n) is 2.84. The Morgan fingerprint density at radius 2 is 2.38 bits per heavy atom. The van der Waals surface area contributed by atoms with Crippen molar-refractivity contribution in [1.29, 1.82) is 0 Å². The molecule has 3 rings (SSSR count). The lowest BCUT2D eigenvalue weighted by atomic mass is 10.1. The van der Waals surface area contributed by atoms with E-state index in [2.05, 4.69) is 15.5 Å². The predicted molar refractivity (Wildman–Crippen MR) is 62.7 cm³/mol. The molecular formula is C11H12ClN3O. The lowest BCUT2D eigenvalue weighted by molar-refractivity contribution is 0.0285. The number of benzene rings is 1. The molecule has 1 aromatic heterocycles. The zero-order valence-electron chi connectivity index (χ0n) is 8.66. The van der Waals surface area contributed by atoms with Crippen LogP contribution in [0.4, 0.5) is 0 Å². The van der Waals surface area contributed by atoms with Crippen molar-refractivity contribution in [2.75, 3.05) is 19.7 Å². The molecule has 0 amide bonds. The summed E-state index contributed by atoms with van der Waals surface area (Å²) >= 11 is 6.01. The topological polar surface area (TPSA) is 49.9 Å². The fourth-order valence-corrected chi connectivity index (χ4v) is 2.25. The van der Waals surface area contributed by atoms with Gasteiger partial charge in [0.2, 0.25) is 0 Å². The smallest absolute Gasteiger partial charge is 0.132 e. The maximum Gasteiger partial charge on any atom is 0.132 e. The van der Waals surface area contributed by atoms with E-state index in [0.29, 0.717) is 5.15 Å². The highest BCUT2D eigenvalue weighted by Gasteiger charge is 2.19. The quantitative estimate of drug-likeness (QED) is 0.796. The molecule has 1 unspecified atom stereocenters. The van der Waals surface area contributed by atoms with Crippen molar-refractivity contribution in [2.24, 2.45) is 0 Å². The molecule has 0 saturated carbocycles. The van der Waals surface area contributed by atoms with Gasteiger partial charge in [-0.2, -0.15) is 5.10 Å². The number of morpholine rings is 1. The molecule has 0 radical (unpaired) electrons. The Balaban J connectivity index is 2.08. The van der Waals surface area contributed by atoms with Crippen LogP contribution >= 0.6 is 11.6 Å². The second-order valence-electron chi connectivity index (χ2n) is 3.84. The molecule has 2 aromatic rings.